The highest BCUT2D eigenvalue weighted by Crippen LogP contribution is 2.34. The molecule has 0 aliphatic heterocycles. The van der Waals surface area contributed by atoms with E-state index in [4.69, 9.17) is 10.8 Å². The minimum Gasteiger partial charge on any atom is -0.383 e. The van der Waals surface area contributed by atoms with Crippen molar-refractivity contribution in [2.24, 2.45) is 0 Å². The summed E-state index contributed by atoms with van der Waals surface area (Å²) in [6.07, 6.45) is 8.76. The predicted octanol–water partition coefficient (Wildman–Crippen LogP) is 2.27. The number of hydrogen-bond acceptors (Lipinski definition) is 5. The molecule has 2 heterocycles. The molecule has 3 N–H and O–H groups in total. The van der Waals surface area contributed by atoms with Gasteiger partial charge in [0.05, 0.1) is 16.6 Å². The zero-order valence-electron chi connectivity index (χ0n) is 15.1. The molecule has 132 valence electrons. The molecule has 0 radical (unpaired) electrons. The third-order valence-electron chi connectivity index (χ3n) is 4.50. The van der Waals surface area contributed by atoms with Gasteiger partial charge in [-0.05, 0) is 27.2 Å². The zero-order chi connectivity index (χ0) is 18.2. The van der Waals surface area contributed by atoms with E-state index in [2.05, 4.69) is 40.4 Å². The molecule has 0 spiro atoms. The quantitative estimate of drug-likeness (QED) is 0.889. The average molecular weight is 340 g/mol. The molecule has 1 aliphatic carbocycles. The Morgan fingerprint density at radius 2 is 2.20 bits per heavy atom. The smallest absolute Gasteiger partial charge is 0.216 e. The van der Waals surface area contributed by atoms with Crippen LogP contribution in [0.5, 0.6) is 0 Å². The van der Waals surface area contributed by atoms with Crippen LogP contribution in [-0.4, -0.2) is 32.2 Å². The van der Waals surface area contributed by atoms with Crippen molar-refractivity contribution < 1.29 is 4.79 Å². The van der Waals surface area contributed by atoms with Crippen molar-refractivity contribution >= 4 is 22.8 Å². The average Bonchev–Trinajstić information content (AvgIpc) is 2.96. The molecule has 0 saturated carbocycles. The molecule has 1 unspecified atom stereocenters. The molecule has 0 bridgehead atoms. The third-order valence-corrected chi connectivity index (χ3v) is 4.50. The topological polar surface area (TPSA) is 98.7 Å². The first-order chi connectivity index (χ1) is 11.8. The lowest BCUT2D eigenvalue weighted by Gasteiger charge is -2.26. The Morgan fingerprint density at radius 1 is 1.44 bits per heavy atom. The number of anilines is 1. The first kappa shape index (κ1) is 17.1. The Hall–Kier alpha value is -2.70. The monoisotopic (exact) mass is 340 g/mol. The Morgan fingerprint density at radius 3 is 2.84 bits per heavy atom. The van der Waals surface area contributed by atoms with E-state index in [1.807, 2.05) is 18.5 Å². The summed E-state index contributed by atoms with van der Waals surface area (Å²) in [5.41, 5.74) is 8.52. The van der Waals surface area contributed by atoms with Gasteiger partial charge in [0.25, 0.3) is 0 Å². The number of amides is 1. The molecule has 2 aromatic heterocycles. The van der Waals surface area contributed by atoms with Gasteiger partial charge in [0.1, 0.15) is 12.1 Å². The van der Waals surface area contributed by atoms with Gasteiger partial charge < -0.3 is 11.1 Å². The Labute approximate surface area is 147 Å². The zero-order valence-corrected chi connectivity index (χ0v) is 15.1. The van der Waals surface area contributed by atoms with Crippen molar-refractivity contribution in [1.29, 1.82) is 0 Å². The van der Waals surface area contributed by atoms with E-state index in [-0.39, 0.29) is 11.8 Å². The van der Waals surface area contributed by atoms with Crippen LogP contribution in [0.4, 0.5) is 5.82 Å². The molecule has 7 heteroatoms. The van der Waals surface area contributed by atoms with Crippen molar-refractivity contribution in [2.75, 3.05) is 12.3 Å². The summed E-state index contributed by atoms with van der Waals surface area (Å²) in [6.45, 7) is 8.06. The highest BCUT2D eigenvalue weighted by molar-refractivity contribution is 5.89. The van der Waals surface area contributed by atoms with Gasteiger partial charge in [-0.1, -0.05) is 23.8 Å². The SMILES string of the molecule is CC(=O)NCC(C)(C)n1nc(C2C=CC(C)=CC2)c2c(N)ncnc21. The van der Waals surface area contributed by atoms with Crippen LogP contribution >= 0.6 is 0 Å². The minimum absolute atomic E-state index is 0.0743. The van der Waals surface area contributed by atoms with Gasteiger partial charge in [-0.25, -0.2) is 14.6 Å². The first-order valence-corrected chi connectivity index (χ1v) is 8.38. The molecule has 1 amide bonds. The van der Waals surface area contributed by atoms with Crippen LogP contribution in [0.1, 0.15) is 45.7 Å². The largest absolute Gasteiger partial charge is 0.383 e. The fraction of sp³-hybridized carbons (Fsp3) is 0.444. The summed E-state index contributed by atoms with van der Waals surface area (Å²) in [5.74, 6) is 0.494. The predicted molar refractivity (Wildman–Crippen MR) is 98.0 cm³/mol. The van der Waals surface area contributed by atoms with Crippen LogP contribution in [0.3, 0.4) is 0 Å². The van der Waals surface area contributed by atoms with Crippen LogP contribution in [-0.2, 0) is 10.3 Å². The van der Waals surface area contributed by atoms with Gasteiger partial charge in [0.15, 0.2) is 5.65 Å². The molecule has 0 saturated heterocycles. The van der Waals surface area contributed by atoms with Crippen molar-refractivity contribution in [3.05, 3.63) is 35.8 Å². The van der Waals surface area contributed by atoms with Gasteiger partial charge >= 0.3 is 0 Å². The van der Waals surface area contributed by atoms with Crippen LogP contribution in [0.2, 0.25) is 0 Å². The van der Waals surface area contributed by atoms with Crippen LogP contribution < -0.4 is 11.1 Å². The second kappa shape index (κ2) is 6.31. The van der Waals surface area contributed by atoms with Gasteiger partial charge in [0, 0.05) is 19.4 Å². The Bertz CT molecular complexity index is 877. The number of nitrogens with two attached hydrogens (primary N) is 1. The summed E-state index contributed by atoms with van der Waals surface area (Å²) in [7, 11) is 0. The molecule has 1 atom stereocenters. The molecule has 1 aliphatic rings. The number of aromatic nitrogens is 4. The summed E-state index contributed by atoms with van der Waals surface area (Å²) in [4.78, 5) is 19.9. The number of carbonyl (C=O) groups is 1. The third kappa shape index (κ3) is 3.26. The molecule has 3 rings (SSSR count). The Kier molecular flexibility index (Phi) is 4.32. The lowest BCUT2D eigenvalue weighted by atomic mass is 9.93. The highest BCUT2D eigenvalue weighted by atomic mass is 16.1. The second-order valence-corrected chi connectivity index (χ2v) is 7.13. The van der Waals surface area contributed by atoms with Crippen molar-refractivity contribution in [1.82, 2.24) is 25.1 Å². The van der Waals surface area contributed by atoms with Crippen LogP contribution in [0.25, 0.3) is 11.0 Å². The summed E-state index contributed by atoms with van der Waals surface area (Å²) in [6, 6.07) is 0. The van der Waals surface area contributed by atoms with E-state index >= 15 is 0 Å². The van der Waals surface area contributed by atoms with Gasteiger partial charge in [-0.15, -0.1) is 0 Å². The number of rotatable bonds is 4. The molecule has 2 aromatic rings. The summed E-state index contributed by atoms with van der Waals surface area (Å²) >= 11 is 0. The maximum absolute atomic E-state index is 11.3. The number of allylic oxidation sites excluding steroid dienone is 4. The highest BCUT2D eigenvalue weighted by Gasteiger charge is 2.29. The summed E-state index contributed by atoms with van der Waals surface area (Å²) < 4.78 is 1.85. The second-order valence-electron chi connectivity index (χ2n) is 7.13. The fourth-order valence-electron chi connectivity index (χ4n) is 3.03. The van der Waals surface area contributed by atoms with E-state index in [1.165, 1.54) is 18.8 Å². The number of hydrogen-bond donors (Lipinski definition) is 2. The standard InChI is InChI=1S/C18H24N6O/c1-11-5-7-13(8-6-11)15-14-16(19)21-10-22-17(14)24(23-15)18(3,4)9-20-12(2)25/h5-7,10,13H,8-9H2,1-4H3,(H,20,25)(H2,19,21,22). The van der Waals surface area contributed by atoms with Gasteiger partial charge in [-0.2, -0.15) is 5.10 Å². The summed E-state index contributed by atoms with van der Waals surface area (Å²) in [5, 5.41) is 8.50. The van der Waals surface area contributed by atoms with E-state index in [1.54, 1.807) is 0 Å². The van der Waals surface area contributed by atoms with Gasteiger partial charge in [-0.3, -0.25) is 4.79 Å². The Balaban J connectivity index is 2.10. The van der Waals surface area contributed by atoms with Crippen LogP contribution in [0.15, 0.2) is 30.1 Å². The molecular weight excluding hydrogens is 316 g/mol. The van der Waals surface area contributed by atoms with Gasteiger partial charge in [0.2, 0.25) is 5.91 Å². The molecule has 0 aromatic carbocycles. The maximum atomic E-state index is 11.3. The van der Waals surface area contributed by atoms with E-state index in [0.717, 1.165) is 17.5 Å². The molecule has 25 heavy (non-hydrogen) atoms. The first-order valence-electron chi connectivity index (χ1n) is 8.38. The van der Waals surface area contributed by atoms with Crippen LogP contribution in [0, 0.1) is 0 Å². The molecule has 7 nitrogen and oxygen atoms in total. The number of nitrogen functional groups attached to an aromatic ring is 1. The molecular formula is C18H24N6O. The van der Waals surface area contributed by atoms with Crippen molar-refractivity contribution in [3.8, 4) is 0 Å². The number of nitrogens with zero attached hydrogens (tertiary/aromatic N) is 4. The number of fused-ring (bicyclic) bond motifs is 1. The van der Waals surface area contributed by atoms with Crippen molar-refractivity contribution in [2.45, 2.75) is 45.6 Å². The van der Waals surface area contributed by atoms with E-state index in [0.29, 0.717) is 18.0 Å². The lowest BCUT2D eigenvalue weighted by molar-refractivity contribution is -0.119. The maximum Gasteiger partial charge on any atom is 0.216 e. The minimum atomic E-state index is -0.451. The lowest BCUT2D eigenvalue weighted by Crippen LogP contribution is -2.40. The van der Waals surface area contributed by atoms with E-state index < -0.39 is 5.54 Å². The van der Waals surface area contributed by atoms with E-state index in [9.17, 15) is 4.79 Å². The normalized spacial score (nSPS) is 17.6. The molecule has 0 fully saturated rings. The fourth-order valence-corrected chi connectivity index (χ4v) is 3.03. The number of carbonyl (C=O) groups excluding carboxylic acids is 1. The van der Waals surface area contributed by atoms with Crippen molar-refractivity contribution in [3.63, 3.8) is 0 Å². The number of nitrogens with one attached hydrogen (secondary N) is 1.